The normalized spacial score (nSPS) is 8.36. The highest BCUT2D eigenvalue weighted by Gasteiger charge is 1.87. The zero-order valence-corrected chi connectivity index (χ0v) is 8.28. The SMILES string of the molecule is CCCC(=O)Cl.CCOCC. The summed E-state index contributed by atoms with van der Waals surface area (Å²) in [6, 6.07) is 0. The molecule has 2 nitrogen and oxygen atoms in total. The van der Waals surface area contributed by atoms with Gasteiger partial charge in [0.2, 0.25) is 5.24 Å². The molecule has 0 saturated heterocycles. The van der Waals surface area contributed by atoms with Crippen LogP contribution >= 0.6 is 11.6 Å². The van der Waals surface area contributed by atoms with Crippen molar-refractivity contribution in [1.29, 1.82) is 0 Å². The molecule has 0 aromatic rings. The van der Waals surface area contributed by atoms with Crippen molar-refractivity contribution in [2.24, 2.45) is 0 Å². The molecule has 0 aliphatic rings. The van der Waals surface area contributed by atoms with Crippen LogP contribution in [0, 0.1) is 0 Å². The third-order valence-corrected chi connectivity index (χ3v) is 1.04. The van der Waals surface area contributed by atoms with E-state index in [4.69, 9.17) is 16.3 Å². The molecular weight excluding hydrogens is 164 g/mol. The first kappa shape index (κ1) is 13.5. The quantitative estimate of drug-likeness (QED) is 0.622. The van der Waals surface area contributed by atoms with Crippen molar-refractivity contribution >= 4 is 16.8 Å². The Morgan fingerprint density at radius 1 is 1.27 bits per heavy atom. The lowest BCUT2D eigenvalue weighted by Gasteiger charge is -1.86. The van der Waals surface area contributed by atoms with Crippen LogP contribution in [0.15, 0.2) is 0 Å². The van der Waals surface area contributed by atoms with Gasteiger partial charge in [-0.25, -0.2) is 0 Å². The molecule has 0 rings (SSSR count). The van der Waals surface area contributed by atoms with Gasteiger partial charge in [-0.1, -0.05) is 6.92 Å². The maximum Gasteiger partial charge on any atom is 0.221 e. The van der Waals surface area contributed by atoms with Gasteiger partial charge in [-0.05, 0) is 31.9 Å². The van der Waals surface area contributed by atoms with Crippen molar-refractivity contribution < 1.29 is 9.53 Å². The minimum absolute atomic E-state index is 0.238. The molecule has 0 aliphatic heterocycles. The van der Waals surface area contributed by atoms with Crippen molar-refractivity contribution in [3.05, 3.63) is 0 Å². The molecule has 0 bridgehead atoms. The summed E-state index contributed by atoms with van der Waals surface area (Å²) in [5.74, 6) is 0. The minimum Gasteiger partial charge on any atom is -0.382 e. The number of carbonyl (C=O) groups excluding carboxylic acids is 1. The molecule has 0 N–H and O–H groups in total. The first-order valence-electron chi connectivity index (χ1n) is 3.95. The monoisotopic (exact) mass is 180 g/mol. The number of ether oxygens (including phenoxy) is 1. The van der Waals surface area contributed by atoms with Gasteiger partial charge in [0.05, 0.1) is 0 Å². The summed E-state index contributed by atoms with van der Waals surface area (Å²) in [6.45, 7) is 7.58. The summed E-state index contributed by atoms with van der Waals surface area (Å²) in [7, 11) is 0. The number of rotatable bonds is 4. The lowest BCUT2D eigenvalue weighted by molar-refractivity contribution is -0.111. The maximum absolute atomic E-state index is 9.81. The van der Waals surface area contributed by atoms with Crippen molar-refractivity contribution in [2.45, 2.75) is 33.6 Å². The van der Waals surface area contributed by atoms with E-state index in [1.165, 1.54) is 0 Å². The fourth-order valence-corrected chi connectivity index (χ4v) is 0.590. The fourth-order valence-electron chi connectivity index (χ4n) is 0.401. The van der Waals surface area contributed by atoms with Gasteiger partial charge in [-0.15, -0.1) is 0 Å². The lowest BCUT2D eigenvalue weighted by atomic mass is 10.4. The lowest BCUT2D eigenvalue weighted by Crippen LogP contribution is -1.84. The molecule has 3 heteroatoms. The van der Waals surface area contributed by atoms with Crippen LogP contribution in [0.25, 0.3) is 0 Å². The molecule has 68 valence electrons. The Hall–Kier alpha value is -0.0800. The summed E-state index contributed by atoms with van der Waals surface area (Å²) >= 11 is 4.94. The van der Waals surface area contributed by atoms with Crippen molar-refractivity contribution in [2.75, 3.05) is 13.2 Å². The second-order valence-corrected chi connectivity index (χ2v) is 2.31. The van der Waals surface area contributed by atoms with Gasteiger partial charge >= 0.3 is 0 Å². The highest BCUT2D eigenvalue weighted by molar-refractivity contribution is 6.63. The van der Waals surface area contributed by atoms with Gasteiger partial charge in [0.25, 0.3) is 0 Å². The molecule has 0 aromatic heterocycles. The molecular formula is C8H17ClO2. The van der Waals surface area contributed by atoms with Crippen LogP contribution in [0.1, 0.15) is 33.6 Å². The van der Waals surface area contributed by atoms with Crippen LogP contribution in [0.5, 0.6) is 0 Å². The molecule has 0 amide bonds. The van der Waals surface area contributed by atoms with Crippen LogP contribution in [0.4, 0.5) is 0 Å². The molecule has 0 aliphatic carbocycles. The van der Waals surface area contributed by atoms with Crippen LogP contribution in [0.2, 0.25) is 0 Å². The van der Waals surface area contributed by atoms with Crippen LogP contribution in [0.3, 0.4) is 0 Å². The molecule has 11 heavy (non-hydrogen) atoms. The van der Waals surface area contributed by atoms with Crippen LogP contribution in [-0.4, -0.2) is 18.5 Å². The summed E-state index contributed by atoms with van der Waals surface area (Å²) in [5, 5.41) is -0.238. The Morgan fingerprint density at radius 3 is 1.73 bits per heavy atom. The number of hydrogen-bond donors (Lipinski definition) is 0. The summed E-state index contributed by atoms with van der Waals surface area (Å²) in [6.07, 6.45) is 1.35. The first-order chi connectivity index (χ1) is 5.18. The predicted octanol–water partition coefficient (Wildman–Crippen LogP) is 2.59. The molecule has 0 radical (unpaired) electrons. The third-order valence-electron chi connectivity index (χ3n) is 0.855. The highest BCUT2D eigenvalue weighted by atomic mass is 35.5. The fraction of sp³-hybridized carbons (Fsp3) is 0.875. The number of hydrogen-bond acceptors (Lipinski definition) is 2. The maximum atomic E-state index is 9.81. The smallest absolute Gasteiger partial charge is 0.221 e. The second-order valence-electron chi connectivity index (χ2n) is 1.89. The van der Waals surface area contributed by atoms with E-state index in [1.807, 2.05) is 20.8 Å². The van der Waals surface area contributed by atoms with Gasteiger partial charge in [0.1, 0.15) is 0 Å². The van der Waals surface area contributed by atoms with E-state index in [-0.39, 0.29) is 5.24 Å². The minimum atomic E-state index is -0.238. The summed E-state index contributed by atoms with van der Waals surface area (Å²) in [5.41, 5.74) is 0. The molecule has 0 fully saturated rings. The van der Waals surface area contributed by atoms with E-state index in [1.54, 1.807) is 0 Å². The van der Waals surface area contributed by atoms with Crippen molar-refractivity contribution in [1.82, 2.24) is 0 Å². The van der Waals surface area contributed by atoms with Gasteiger partial charge in [-0.2, -0.15) is 0 Å². The standard InChI is InChI=1S/C4H7ClO.C4H10O/c1-2-3-4(5)6;1-3-5-4-2/h2-3H2,1H3;3-4H2,1-2H3. The summed E-state index contributed by atoms with van der Waals surface area (Å²) < 4.78 is 4.83. The van der Waals surface area contributed by atoms with Crippen LogP contribution in [-0.2, 0) is 9.53 Å². The van der Waals surface area contributed by atoms with Crippen molar-refractivity contribution in [3.63, 3.8) is 0 Å². The predicted molar refractivity (Wildman–Crippen MR) is 47.9 cm³/mol. The molecule has 0 atom stereocenters. The number of carbonyl (C=O) groups is 1. The Morgan fingerprint density at radius 2 is 1.73 bits per heavy atom. The second kappa shape index (κ2) is 12.6. The topological polar surface area (TPSA) is 26.3 Å². The number of halogens is 1. The molecule has 0 saturated carbocycles. The zero-order valence-electron chi connectivity index (χ0n) is 7.52. The van der Waals surface area contributed by atoms with Gasteiger partial charge in [0, 0.05) is 19.6 Å². The Balaban J connectivity index is 0. The van der Waals surface area contributed by atoms with Gasteiger partial charge < -0.3 is 4.74 Å². The van der Waals surface area contributed by atoms with E-state index in [2.05, 4.69) is 0 Å². The Labute approximate surface area is 73.9 Å². The van der Waals surface area contributed by atoms with E-state index in [9.17, 15) is 4.79 Å². The van der Waals surface area contributed by atoms with E-state index in [0.717, 1.165) is 19.6 Å². The van der Waals surface area contributed by atoms with Crippen molar-refractivity contribution in [3.8, 4) is 0 Å². The Kier molecular flexibility index (Phi) is 15.4. The first-order valence-corrected chi connectivity index (χ1v) is 4.32. The van der Waals surface area contributed by atoms with E-state index >= 15 is 0 Å². The Bertz CT molecular complexity index is 82.2. The molecule has 0 heterocycles. The van der Waals surface area contributed by atoms with Crippen LogP contribution < -0.4 is 0 Å². The molecule has 0 spiro atoms. The van der Waals surface area contributed by atoms with Gasteiger partial charge in [-0.3, -0.25) is 4.79 Å². The largest absolute Gasteiger partial charge is 0.382 e. The average molecular weight is 181 g/mol. The van der Waals surface area contributed by atoms with E-state index < -0.39 is 0 Å². The van der Waals surface area contributed by atoms with Gasteiger partial charge in [0.15, 0.2) is 0 Å². The third kappa shape index (κ3) is 25.7. The average Bonchev–Trinajstić information content (AvgIpc) is 1.90. The zero-order chi connectivity index (χ0) is 9.11. The van der Waals surface area contributed by atoms with E-state index in [0.29, 0.717) is 6.42 Å². The summed E-state index contributed by atoms with van der Waals surface area (Å²) in [4.78, 5) is 9.81. The highest BCUT2D eigenvalue weighted by Crippen LogP contribution is 1.90. The molecule has 0 unspecified atom stereocenters. The molecule has 0 aromatic carbocycles.